The number of amides is 1. The molecule has 0 atom stereocenters. The SMILES string of the molecule is NNc1cc(C(=O)NCCN2CCOCC2)cc(Cl)n1. The summed E-state index contributed by atoms with van der Waals surface area (Å²) in [5.74, 6) is 5.43. The van der Waals surface area contributed by atoms with Gasteiger partial charge in [0, 0.05) is 31.7 Å². The Kier molecular flexibility index (Phi) is 5.54. The second-order valence-corrected chi connectivity index (χ2v) is 4.81. The van der Waals surface area contributed by atoms with E-state index in [2.05, 4.69) is 20.6 Å². The van der Waals surface area contributed by atoms with Crippen LogP contribution in [0, 0.1) is 0 Å². The number of carbonyl (C=O) groups is 1. The third-order valence-corrected chi connectivity index (χ3v) is 3.22. The first-order chi connectivity index (χ1) is 9.69. The zero-order valence-electron chi connectivity index (χ0n) is 11.1. The molecule has 0 spiro atoms. The molecular weight excluding hydrogens is 282 g/mol. The fourth-order valence-electron chi connectivity index (χ4n) is 1.96. The molecule has 0 aromatic carbocycles. The van der Waals surface area contributed by atoms with Gasteiger partial charge in [-0.05, 0) is 12.1 Å². The summed E-state index contributed by atoms with van der Waals surface area (Å²) in [5, 5.41) is 3.07. The number of rotatable bonds is 5. The number of halogens is 1. The molecular formula is C12H18ClN5O2. The van der Waals surface area contributed by atoms with Crippen LogP contribution < -0.4 is 16.6 Å². The Hall–Kier alpha value is -1.41. The highest BCUT2D eigenvalue weighted by molar-refractivity contribution is 6.29. The highest BCUT2D eigenvalue weighted by atomic mass is 35.5. The van der Waals surface area contributed by atoms with E-state index in [1.54, 1.807) is 6.07 Å². The Labute approximate surface area is 122 Å². The van der Waals surface area contributed by atoms with E-state index in [1.165, 1.54) is 6.07 Å². The van der Waals surface area contributed by atoms with Crippen LogP contribution in [-0.4, -0.2) is 55.2 Å². The second kappa shape index (κ2) is 7.39. The van der Waals surface area contributed by atoms with Gasteiger partial charge >= 0.3 is 0 Å². The zero-order chi connectivity index (χ0) is 14.4. The van der Waals surface area contributed by atoms with E-state index >= 15 is 0 Å². The van der Waals surface area contributed by atoms with Crippen LogP contribution >= 0.6 is 11.6 Å². The molecule has 4 N–H and O–H groups in total. The van der Waals surface area contributed by atoms with E-state index in [4.69, 9.17) is 22.2 Å². The van der Waals surface area contributed by atoms with Crippen molar-refractivity contribution in [3.05, 3.63) is 22.8 Å². The molecule has 20 heavy (non-hydrogen) atoms. The van der Waals surface area contributed by atoms with E-state index in [9.17, 15) is 4.79 Å². The normalized spacial score (nSPS) is 15.9. The average molecular weight is 300 g/mol. The number of aromatic nitrogens is 1. The highest BCUT2D eigenvalue weighted by Gasteiger charge is 2.12. The first-order valence-electron chi connectivity index (χ1n) is 6.41. The Morgan fingerprint density at radius 3 is 2.90 bits per heavy atom. The number of anilines is 1. The lowest BCUT2D eigenvalue weighted by Crippen LogP contribution is -2.41. The van der Waals surface area contributed by atoms with Crippen LogP contribution in [0.4, 0.5) is 5.82 Å². The van der Waals surface area contributed by atoms with Crippen molar-refractivity contribution in [1.29, 1.82) is 0 Å². The van der Waals surface area contributed by atoms with Crippen molar-refractivity contribution in [3.8, 4) is 0 Å². The molecule has 1 saturated heterocycles. The van der Waals surface area contributed by atoms with Gasteiger partial charge in [0.2, 0.25) is 0 Å². The Morgan fingerprint density at radius 1 is 1.45 bits per heavy atom. The summed E-state index contributed by atoms with van der Waals surface area (Å²) in [4.78, 5) is 18.2. The number of nitrogen functional groups attached to an aromatic ring is 1. The minimum absolute atomic E-state index is 0.195. The zero-order valence-corrected chi connectivity index (χ0v) is 11.8. The molecule has 0 unspecified atom stereocenters. The molecule has 110 valence electrons. The van der Waals surface area contributed by atoms with Gasteiger partial charge in [0.25, 0.3) is 5.91 Å². The molecule has 0 aliphatic carbocycles. The van der Waals surface area contributed by atoms with Gasteiger partial charge in [-0.3, -0.25) is 9.69 Å². The van der Waals surface area contributed by atoms with Crippen molar-refractivity contribution < 1.29 is 9.53 Å². The van der Waals surface area contributed by atoms with Crippen LogP contribution in [0.2, 0.25) is 5.15 Å². The van der Waals surface area contributed by atoms with Crippen LogP contribution in [0.5, 0.6) is 0 Å². The van der Waals surface area contributed by atoms with Crippen LogP contribution in [0.15, 0.2) is 12.1 Å². The summed E-state index contributed by atoms with van der Waals surface area (Å²) >= 11 is 5.82. The number of morpholine rings is 1. The maximum absolute atomic E-state index is 12.0. The summed E-state index contributed by atoms with van der Waals surface area (Å²) in [6.07, 6.45) is 0. The van der Waals surface area contributed by atoms with Gasteiger partial charge in [-0.2, -0.15) is 0 Å². The van der Waals surface area contributed by atoms with Crippen molar-refractivity contribution in [3.63, 3.8) is 0 Å². The van der Waals surface area contributed by atoms with Gasteiger partial charge in [0.1, 0.15) is 11.0 Å². The van der Waals surface area contributed by atoms with Crippen molar-refractivity contribution >= 4 is 23.3 Å². The number of nitrogens with one attached hydrogen (secondary N) is 2. The number of nitrogens with zero attached hydrogens (tertiary/aromatic N) is 2. The second-order valence-electron chi connectivity index (χ2n) is 4.42. The average Bonchev–Trinajstić information content (AvgIpc) is 2.47. The Balaban J connectivity index is 1.83. The maximum Gasteiger partial charge on any atom is 0.251 e. The monoisotopic (exact) mass is 299 g/mol. The topological polar surface area (TPSA) is 92.5 Å². The number of hydrogen-bond donors (Lipinski definition) is 3. The molecule has 1 aromatic heterocycles. The minimum atomic E-state index is -0.195. The third kappa shape index (κ3) is 4.31. The van der Waals surface area contributed by atoms with E-state index < -0.39 is 0 Å². The van der Waals surface area contributed by atoms with E-state index in [0.29, 0.717) is 17.9 Å². The molecule has 0 bridgehead atoms. The van der Waals surface area contributed by atoms with Crippen molar-refractivity contribution in [2.24, 2.45) is 5.84 Å². The third-order valence-electron chi connectivity index (χ3n) is 3.02. The predicted octanol–water partition coefficient (Wildman–Crippen LogP) is 0.0826. The lowest BCUT2D eigenvalue weighted by atomic mass is 10.2. The summed E-state index contributed by atoms with van der Waals surface area (Å²) in [6, 6.07) is 3.06. The molecule has 7 nitrogen and oxygen atoms in total. The van der Waals surface area contributed by atoms with Gasteiger partial charge < -0.3 is 15.5 Å². The highest BCUT2D eigenvalue weighted by Crippen LogP contribution is 2.13. The molecule has 1 aromatic rings. The predicted molar refractivity (Wildman–Crippen MR) is 76.6 cm³/mol. The van der Waals surface area contributed by atoms with Gasteiger partial charge in [-0.25, -0.2) is 10.8 Å². The van der Waals surface area contributed by atoms with Crippen LogP contribution in [0.3, 0.4) is 0 Å². The van der Waals surface area contributed by atoms with Gasteiger partial charge in [0.15, 0.2) is 0 Å². The summed E-state index contributed by atoms with van der Waals surface area (Å²) in [7, 11) is 0. The van der Waals surface area contributed by atoms with E-state index in [0.717, 1.165) is 32.8 Å². The summed E-state index contributed by atoms with van der Waals surface area (Å²) in [6.45, 7) is 4.68. The van der Waals surface area contributed by atoms with Crippen LogP contribution in [0.25, 0.3) is 0 Å². The molecule has 8 heteroatoms. The van der Waals surface area contributed by atoms with Crippen molar-refractivity contribution in [2.45, 2.75) is 0 Å². The lowest BCUT2D eigenvalue weighted by molar-refractivity contribution is 0.0383. The van der Waals surface area contributed by atoms with Crippen molar-refractivity contribution in [1.82, 2.24) is 15.2 Å². The van der Waals surface area contributed by atoms with E-state index in [1.807, 2.05) is 0 Å². The smallest absolute Gasteiger partial charge is 0.251 e. The minimum Gasteiger partial charge on any atom is -0.379 e. The van der Waals surface area contributed by atoms with Gasteiger partial charge in [-0.1, -0.05) is 11.6 Å². The quantitative estimate of drug-likeness (QED) is 0.405. The molecule has 2 rings (SSSR count). The van der Waals surface area contributed by atoms with Gasteiger partial charge in [-0.15, -0.1) is 0 Å². The Morgan fingerprint density at radius 2 is 2.20 bits per heavy atom. The fraction of sp³-hybridized carbons (Fsp3) is 0.500. The number of hydrogen-bond acceptors (Lipinski definition) is 6. The standard InChI is InChI=1S/C12H18ClN5O2/c13-10-7-9(8-11(16-10)17-14)12(19)15-1-2-18-3-5-20-6-4-18/h7-8H,1-6,14H2,(H,15,19)(H,16,17). The molecule has 1 amide bonds. The molecule has 0 saturated carbocycles. The molecule has 1 aliphatic heterocycles. The number of carbonyl (C=O) groups excluding carboxylic acids is 1. The lowest BCUT2D eigenvalue weighted by Gasteiger charge is -2.26. The van der Waals surface area contributed by atoms with Crippen LogP contribution in [-0.2, 0) is 4.74 Å². The van der Waals surface area contributed by atoms with Crippen molar-refractivity contribution in [2.75, 3.05) is 44.8 Å². The number of ether oxygens (including phenoxy) is 1. The molecule has 0 radical (unpaired) electrons. The largest absolute Gasteiger partial charge is 0.379 e. The number of pyridine rings is 1. The van der Waals surface area contributed by atoms with Gasteiger partial charge in [0.05, 0.1) is 13.2 Å². The Bertz CT molecular complexity index is 465. The summed E-state index contributed by atoms with van der Waals surface area (Å²) in [5.41, 5.74) is 2.80. The summed E-state index contributed by atoms with van der Waals surface area (Å²) < 4.78 is 5.27. The first kappa shape index (κ1) is 15.0. The molecule has 1 aliphatic rings. The maximum atomic E-state index is 12.0. The van der Waals surface area contributed by atoms with Crippen LogP contribution in [0.1, 0.15) is 10.4 Å². The molecule has 2 heterocycles. The first-order valence-corrected chi connectivity index (χ1v) is 6.79. The van der Waals surface area contributed by atoms with E-state index in [-0.39, 0.29) is 11.1 Å². The number of nitrogens with two attached hydrogens (primary N) is 1. The number of hydrazine groups is 1. The fourth-order valence-corrected chi connectivity index (χ4v) is 2.16. The molecule has 1 fully saturated rings.